The van der Waals surface area contributed by atoms with Crippen molar-refractivity contribution in [3.8, 4) is 5.75 Å². The van der Waals surface area contributed by atoms with Crippen LogP contribution in [-0.2, 0) is 6.54 Å². The maximum absolute atomic E-state index is 5.42. The van der Waals surface area contributed by atoms with Gasteiger partial charge in [0.15, 0.2) is 5.96 Å². The van der Waals surface area contributed by atoms with Crippen molar-refractivity contribution in [1.29, 1.82) is 0 Å². The van der Waals surface area contributed by atoms with Gasteiger partial charge in [-0.1, -0.05) is 31.0 Å². The van der Waals surface area contributed by atoms with Crippen LogP contribution in [0, 0.1) is 5.92 Å². The molecule has 0 radical (unpaired) electrons. The summed E-state index contributed by atoms with van der Waals surface area (Å²) in [4.78, 5) is 6.90. The minimum Gasteiger partial charge on any atom is -0.496 e. The minimum atomic E-state index is 0. The van der Waals surface area contributed by atoms with Crippen molar-refractivity contribution in [2.24, 2.45) is 10.9 Å². The molecule has 2 rings (SSSR count). The van der Waals surface area contributed by atoms with Gasteiger partial charge in [-0.25, -0.2) is 0 Å². The van der Waals surface area contributed by atoms with Crippen LogP contribution in [0.3, 0.4) is 0 Å². The number of ether oxygens (including phenoxy) is 1. The Hall–Kier alpha value is -0.980. The number of hydrogen-bond acceptors (Lipinski definition) is 2. The van der Waals surface area contributed by atoms with Crippen LogP contribution in [0.25, 0.3) is 0 Å². The van der Waals surface area contributed by atoms with E-state index >= 15 is 0 Å². The van der Waals surface area contributed by atoms with Crippen molar-refractivity contribution >= 4 is 29.9 Å². The molecular formula is C17H28IN3O. The normalized spacial score (nSPS) is 14.2. The second kappa shape index (κ2) is 9.92. The van der Waals surface area contributed by atoms with Crippen LogP contribution in [0.15, 0.2) is 29.3 Å². The molecule has 0 atom stereocenters. The van der Waals surface area contributed by atoms with Crippen LogP contribution in [0.1, 0.15) is 31.7 Å². The second-order valence-corrected chi connectivity index (χ2v) is 5.64. The van der Waals surface area contributed by atoms with Gasteiger partial charge in [0.1, 0.15) is 5.75 Å². The number of nitrogens with one attached hydrogen (secondary N) is 1. The molecule has 124 valence electrons. The molecule has 22 heavy (non-hydrogen) atoms. The third kappa shape index (κ3) is 6.02. The standard InChI is InChI=1S/C17H27N3O.HI/c1-4-18-17(19-12-11-14-9-10-14)20(2)13-15-7-5-6-8-16(15)21-3;/h5-8,14H,4,9-13H2,1-3H3,(H,18,19);1H. The SMILES string of the molecule is CCNC(=NCCC1CC1)N(C)Cc1ccccc1OC.I. The summed E-state index contributed by atoms with van der Waals surface area (Å²) in [5.74, 6) is 2.83. The molecule has 1 N–H and O–H groups in total. The zero-order valence-electron chi connectivity index (χ0n) is 13.8. The van der Waals surface area contributed by atoms with Gasteiger partial charge < -0.3 is 15.0 Å². The summed E-state index contributed by atoms with van der Waals surface area (Å²) in [5.41, 5.74) is 1.18. The molecule has 0 saturated heterocycles. The molecule has 0 unspecified atom stereocenters. The van der Waals surface area contributed by atoms with Crippen molar-refractivity contribution in [3.63, 3.8) is 0 Å². The van der Waals surface area contributed by atoms with E-state index in [4.69, 9.17) is 9.73 Å². The fourth-order valence-corrected chi connectivity index (χ4v) is 2.39. The Morgan fingerprint density at radius 2 is 2.09 bits per heavy atom. The molecule has 0 bridgehead atoms. The van der Waals surface area contributed by atoms with E-state index in [9.17, 15) is 0 Å². The lowest BCUT2D eigenvalue weighted by atomic mass is 10.2. The van der Waals surface area contributed by atoms with Gasteiger partial charge in [0.25, 0.3) is 0 Å². The molecule has 1 saturated carbocycles. The maximum Gasteiger partial charge on any atom is 0.193 e. The molecule has 0 aliphatic heterocycles. The number of aliphatic imine (C=N–C) groups is 1. The highest BCUT2D eigenvalue weighted by molar-refractivity contribution is 14.0. The molecule has 0 amide bonds. The van der Waals surface area contributed by atoms with Crippen LogP contribution in [0.5, 0.6) is 5.75 Å². The Morgan fingerprint density at radius 1 is 1.36 bits per heavy atom. The lowest BCUT2D eigenvalue weighted by molar-refractivity contribution is 0.396. The smallest absolute Gasteiger partial charge is 0.193 e. The summed E-state index contributed by atoms with van der Waals surface area (Å²) in [6.45, 7) is 4.70. The molecule has 5 heteroatoms. The number of benzene rings is 1. The Morgan fingerprint density at radius 3 is 2.73 bits per heavy atom. The van der Waals surface area contributed by atoms with Gasteiger partial charge in [0, 0.05) is 32.2 Å². The fourth-order valence-electron chi connectivity index (χ4n) is 2.39. The Kier molecular flexibility index (Phi) is 8.60. The number of nitrogens with zero attached hydrogens (tertiary/aromatic N) is 2. The number of rotatable bonds is 7. The first-order valence-corrected chi connectivity index (χ1v) is 7.86. The van der Waals surface area contributed by atoms with E-state index in [0.29, 0.717) is 0 Å². The highest BCUT2D eigenvalue weighted by Crippen LogP contribution is 2.32. The zero-order chi connectivity index (χ0) is 15.1. The van der Waals surface area contributed by atoms with E-state index in [1.807, 2.05) is 18.2 Å². The van der Waals surface area contributed by atoms with Crippen molar-refractivity contribution in [3.05, 3.63) is 29.8 Å². The second-order valence-electron chi connectivity index (χ2n) is 5.64. The van der Waals surface area contributed by atoms with Crippen molar-refractivity contribution in [1.82, 2.24) is 10.2 Å². The Bertz CT molecular complexity index is 475. The highest BCUT2D eigenvalue weighted by atomic mass is 127. The maximum atomic E-state index is 5.42. The van der Waals surface area contributed by atoms with Crippen molar-refractivity contribution in [2.75, 3.05) is 27.2 Å². The predicted molar refractivity (Wildman–Crippen MR) is 103 cm³/mol. The molecule has 0 aromatic heterocycles. The van der Waals surface area contributed by atoms with Gasteiger partial charge >= 0.3 is 0 Å². The van der Waals surface area contributed by atoms with Crippen LogP contribution in [0.2, 0.25) is 0 Å². The third-order valence-electron chi connectivity index (χ3n) is 3.79. The predicted octanol–water partition coefficient (Wildman–Crippen LogP) is 3.51. The molecule has 4 nitrogen and oxygen atoms in total. The van der Waals surface area contributed by atoms with Crippen LogP contribution < -0.4 is 10.1 Å². The molecule has 1 aliphatic rings. The average Bonchev–Trinajstić information content (AvgIpc) is 3.31. The first-order valence-electron chi connectivity index (χ1n) is 7.86. The number of para-hydroxylation sites is 1. The number of hydrogen-bond donors (Lipinski definition) is 1. The summed E-state index contributed by atoms with van der Waals surface area (Å²) in [6.07, 6.45) is 4.00. The van der Waals surface area contributed by atoms with Crippen LogP contribution in [0.4, 0.5) is 0 Å². The number of methoxy groups -OCH3 is 1. The van der Waals surface area contributed by atoms with Crippen LogP contribution >= 0.6 is 24.0 Å². The molecule has 0 spiro atoms. The topological polar surface area (TPSA) is 36.9 Å². The first-order chi connectivity index (χ1) is 10.2. The molecular weight excluding hydrogens is 389 g/mol. The zero-order valence-corrected chi connectivity index (χ0v) is 16.2. The van der Waals surface area contributed by atoms with E-state index in [0.717, 1.165) is 37.3 Å². The average molecular weight is 417 g/mol. The third-order valence-corrected chi connectivity index (χ3v) is 3.79. The highest BCUT2D eigenvalue weighted by Gasteiger charge is 2.20. The monoisotopic (exact) mass is 417 g/mol. The van der Waals surface area contributed by atoms with Gasteiger partial charge in [0.05, 0.1) is 7.11 Å². The molecule has 1 aromatic rings. The van der Waals surface area contributed by atoms with Gasteiger partial charge in [-0.2, -0.15) is 0 Å². The Labute approximate surface area is 151 Å². The lowest BCUT2D eigenvalue weighted by Crippen LogP contribution is -2.38. The summed E-state index contributed by atoms with van der Waals surface area (Å²) in [6, 6.07) is 8.14. The van der Waals surface area contributed by atoms with Gasteiger partial charge in [-0.15, -0.1) is 24.0 Å². The molecule has 1 aliphatic carbocycles. The number of guanidine groups is 1. The molecule has 1 aromatic carbocycles. The van der Waals surface area contributed by atoms with Crippen molar-refractivity contribution in [2.45, 2.75) is 32.7 Å². The molecule has 0 heterocycles. The fraction of sp³-hybridized carbons (Fsp3) is 0.588. The lowest BCUT2D eigenvalue weighted by Gasteiger charge is -2.23. The number of halogens is 1. The van der Waals surface area contributed by atoms with Crippen molar-refractivity contribution < 1.29 is 4.74 Å². The Balaban J connectivity index is 0.00000242. The summed E-state index contributed by atoms with van der Waals surface area (Å²) >= 11 is 0. The van der Waals surface area contributed by atoms with E-state index in [1.165, 1.54) is 24.8 Å². The summed E-state index contributed by atoms with van der Waals surface area (Å²) < 4.78 is 5.42. The van der Waals surface area contributed by atoms with Gasteiger partial charge in [-0.3, -0.25) is 4.99 Å². The summed E-state index contributed by atoms with van der Waals surface area (Å²) in [5, 5.41) is 3.37. The van der Waals surface area contributed by atoms with E-state index < -0.39 is 0 Å². The van der Waals surface area contributed by atoms with E-state index in [2.05, 4.69) is 30.3 Å². The minimum absolute atomic E-state index is 0. The van der Waals surface area contributed by atoms with Crippen LogP contribution in [-0.4, -0.2) is 38.1 Å². The van der Waals surface area contributed by atoms with Gasteiger partial charge in [0.2, 0.25) is 0 Å². The van der Waals surface area contributed by atoms with E-state index in [1.54, 1.807) is 7.11 Å². The quantitative estimate of drug-likeness (QED) is 0.419. The largest absolute Gasteiger partial charge is 0.496 e. The molecule has 1 fully saturated rings. The van der Waals surface area contributed by atoms with Gasteiger partial charge in [-0.05, 0) is 25.3 Å². The van der Waals surface area contributed by atoms with E-state index in [-0.39, 0.29) is 24.0 Å². The summed E-state index contributed by atoms with van der Waals surface area (Å²) in [7, 11) is 3.79. The first kappa shape index (κ1) is 19.1.